The van der Waals surface area contributed by atoms with Crippen LogP contribution in [0.25, 0.3) is 38.8 Å². The first-order chi connectivity index (χ1) is 19.4. The summed E-state index contributed by atoms with van der Waals surface area (Å²) in [6.07, 6.45) is 1.99. The molecule has 0 unspecified atom stereocenters. The van der Waals surface area contributed by atoms with Gasteiger partial charge in [0.15, 0.2) is 0 Å². The predicted molar refractivity (Wildman–Crippen MR) is 164 cm³/mol. The van der Waals surface area contributed by atoms with E-state index in [-0.39, 0.29) is 11.9 Å². The summed E-state index contributed by atoms with van der Waals surface area (Å²) in [6.45, 7) is 6.40. The molecule has 6 nitrogen and oxygen atoms in total. The second-order valence-electron chi connectivity index (χ2n) is 10.2. The molecule has 0 fully saturated rings. The molecule has 4 aromatic carbocycles. The maximum Gasteiger partial charge on any atom is 0.221 e. The Morgan fingerprint density at radius 2 is 1.73 bits per heavy atom. The van der Waals surface area contributed by atoms with E-state index in [0.717, 1.165) is 44.7 Å². The summed E-state index contributed by atoms with van der Waals surface area (Å²) in [5.74, 6) is -0.126. The number of anilines is 1. The van der Waals surface area contributed by atoms with Crippen LogP contribution in [0.3, 0.4) is 0 Å². The van der Waals surface area contributed by atoms with Gasteiger partial charge in [0.25, 0.3) is 0 Å². The Labute approximate surface area is 237 Å². The highest BCUT2D eigenvalue weighted by atomic mass is 35.5. The molecule has 0 saturated carbocycles. The van der Waals surface area contributed by atoms with Crippen molar-refractivity contribution in [2.24, 2.45) is 4.99 Å². The third-order valence-corrected chi connectivity index (χ3v) is 7.21. The van der Waals surface area contributed by atoms with Crippen LogP contribution in [0.4, 0.5) is 5.69 Å². The summed E-state index contributed by atoms with van der Waals surface area (Å²) >= 11 is 6.33. The molecular weight excluding hydrogens is 518 g/mol. The van der Waals surface area contributed by atoms with Crippen LogP contribution in [0.2, 0.25) is 5.02 Å². The molecule has 7 heteroatoms. The number of carbonyl (C=O) groups excluding carboxylic acids is 1. The number of halogens is 1. The summed E-state index contributed by atoms with van der Waals surface area (Å²) in [6, 6.07) is 30.8. The van der Waals surface area contributed by atoms with Crippen molar-refractivity contribution in [1.29, 1.82) is 0 Å². The zero-order chi connectivity index (χ0) is 27.8. The molecule has 0 aliphatic carbocycles. The molecule has 2 aromatic heterocycles. The van der Waals surface area contributed by atoms with Gasteiger partial charge in [0, 0.05) is 52.0 Å². The summed E-state index contributed by atoms with van der Waals surface area (Å²) in [5.41, 5.74) is 8.99. The smallest absolute Gasteiger partial charge is 0.221 e. The summed E-state index contributed by atoms with van der Waals surface area (Å²) in [7, 11) is 0. The van der Waals surface area contributed by atoms with Crippen molar-refractivity contribution in [3.8, 4) is 16.8 Å². The SMILES string of the molecule is CC(=O)Nc1ccc(Cl)cc1-c1ccc(-n2/c(=N/C(C)C)n(Cc3cccc4[nH]ccc34)c3ccccc32)cc1. The Morgan fingerprint density at radius 1 is 0.950 bits per heavy atom. The quantitative estimate of drug-likeness (QED) is 0.222. The molecule has 0 saturated heterocycles. The van der Waals surface area contributed by atoms with Gasteiger partial charge in [0.2, 0.25) is 11.5 Å². The average Bonchev–Trinajstić information content (AvgIpc) is 3.53. The molecule has 2 heterocycles. The highest BCUT2D eigenvalue weighted by Crippen LogP contribution is 2.32. The minimum absolute atomic E-state index is 0.100. The van der Waals surface area contributed by atoms with Crippen LogP contribution in [0, 0.1) is 0 Å². The van der Waals surface area contributed by atoms with E-state index in [1.165, 1.54) is 17.9 Å². The van der Waals surface area contributed by atoms with Crippen LogP contribution in [0.15, 0.2) is 102 Å². The Hall–Kier alpha value is -4.55. The van der Waals surface area contributed by atoms with E-state index in [4.69, 9.17) is 16.6 Å². The number of hydrogen-bond acceptors (Lipinski definition) is 2. The van der Waals surface area contributed by atoms with Crippen LogP contribution in [0.1, 0.15) is 26.3 Å². The minimum atomic E-state index is -0.126. The van der Waals surface area contributed by atoms with Gasteiger partial charge < -0.3 is 14.9 Å². The summed E-state index contributed by atoms with van der Waals surface area (Å²) < 4.78 is 4.53. The van der Waals surface area contributed by atoms with Crippen molar-refractivity contribution in [3.05, 3.63) is 113 Å². The Morgan fingerprint density at radius 3 is 2.48 bits per heavy atom. The summed E-state index contributed by atoms with van der Waals surface area (Å²) in [4.78, 5) is 20.3. The number of fused-ring (bicyclic) bond motifs is 2. The first-order valence-corrected chi connectivity index (χ1v) is 13.7. The minimum Gasteiger partial charge on any atom is -0.361 e. The fourth-order valence-electron chi connectivity index (χ4n) is 5.29. The lowest BCUT2D eigenvalue weighted by Crippen LogP contribution is -2.27. The van der Waals surface area contributed by atoms with Gasteiger partial charge in [0.05, 0.1) is 17.6 Å². The van der Waals surface area contributed by atoms with Gasteiger partial charge in [-0.1, -0.05) is 48.0 Å². The number of nitrogens with zero attached hydrogens (tertiary/aromatic N) is 3. The average molecular weight is 548 g/mol. The molecule has 0 aliphatic rings. The number of amides is 1. The van der Waals surface area contributed by atoms with Crippen molar-refractivity contribution in [2.75, 3.05) is 5.32 Å². The highest BCUT2D eigenvalue weighted by molar-refractivity contribution is 6.31. The number of carbonyl (C=O) groups is 1. The normalized spacial score (nSPS) is 12.1. The zero-order valence-corrected chi connectivity index (χ0v) is 23.4. The molecule has 6 rings (SSSR count). The van der Waals surface area contributed by atoms with Crippen LogP contribution in [-0.2, 0) is 11.3 Å². The van der Waals surface area contributed by atoms with Crippen molar-refractivity contribution in [1.82, 2.24) is 14.1 Å². The van der Waals surface area contributed by atoms with Gasteiger partial charge in [-0.3, -0.25) is 9.36 Å². The van der Waals surface area contributed by atoms with E-state index in [2.05, 4.69) is 106 Å². The number of para-hydroxylation sites is 2. The number of rotatable bonds is 6. The van der Waals surface area contributed by atoms with E-state index in [1.54, 1.807) is 6.07 Å². The number of nitrogens with one attached hydrogen (secondary N) is 2. The maximum atomic E-state index is 11.8. The Bertz CT molecular complexity index is 1920. The lowest BCUT2D eigenvalue weighted by molar-refractivity contribution is -0.114. The number of imidazole rings is 1. The van der Waals surface area contributed by atoms with Crippen molar-refractivity contribution in [3.63, 3.8) is 0 Å². The third kappa shape index (κ3) is 4.82. The fraction of sp³-hybridized carbons (Fsp3) is 0.152. The topological polar surface area (TPSA) is 67.1 Å². The summed E-state index contributed by atoms with van der Waals surface area (Å²) in [5, 5.41) is 4.74. The van der Waals surface area contributed by atoms with Gasteiger partial charge in [-0.05, 0) is 79.6 Å². The van der Waals surface area contributed by atoms with Crippen LogP contribution in [-0.4, -0.2) is 26.1 Å². The molecule has 200 valence electrons. The first kappa shape index (κ1) is 25.7. The predicted octanol–water partition coefficient (Wildman–Crippen LogP) is 7.55. The molecule has 0 radical (unpaired) electrons. The van der Waals surface area contributed by atoms with Crippen LogP contribution in [0.5, 0.6) is 0 Å². The molecule has 1 amide bonds. The molecule has 0 bridgehead atoms. The van der Waals surface area contributed by atoms with Crippen LogP contribution < -0.4 is 10.9 Å². The Kier molecular flexibility index (Phi) is 6.78. The van der Waals surface area contributed by atoms with E-state index in [1.807, 2.05) is 18.3 Å². The lowest BCUT2D eigenvalue weighted by atomic mass is 10.0. The van der Waals surface area contributed by atoms with Gasteiger partial charge in [-0.2, -0.15) is 0 Å². The highest BCUT2D eigenvalue weighted by Gasteiger charge is 2.16. The van der Waals surface area contributed by atoms with E-state index in [0.29, 0.717) is 11.6 Å². The fourth-order valence-corrected chi connectivity index (χ4v) is 5.46. The van der Waals surface area contributed by atoms with Crippen molar-refractivity contribution >= 4 is 45.1 Å². The number of hydrogen-bond donors (Lipinski definition) is 2. The first-order valence-electron chi connectivity index (χ1n) is 13.4. The van der Waals surface area contributed by atoms with Gasteiger partial charge in [0.1, 0.15) is 0 Å². The zero-order valence-electron chi connectivity index (χ0n) is 22.6. The van der Waals surface area contributed by atoms with Crippen LogP contribution >= 0.6 is 11.6 Å². The van der Waals surface area contributed by atoms with Gasteiger partial charge in [-0.15, -0.1) is 0 Å². The van der Waals surface area contributed by atoms with Gasteiger partial charge >= 0.3 is 0 Å². The Balaban J connectivity index is 1.52. The molecular formula is C33H30ClN5O. The monoisotopic (exact) mass is 547 g/mol. The van der Waals surface area contributed by atoms with E-state index in [9.17, 15) is 4.79 Å². The molecule has 0 aliphatic heterocycles. The standard InChI is InChI=1S/C33H30ClN5O/c1-21(2)36-33-38(20-24-7-6-8-29-27(24)17-18-35-29)31-9-4-5-10-32(31)39(33)26-14-11-23(12-15-26)28-19-25(34)13-16-30(28)37-22(3)40/h4-19,21,35H,20H2,1-3H3,(H,37,40)/b36-33+. The van der Waals surface area contributed by atoms with Crippen molar-refractivity contribution in [2.45, 2.75) is 33.4 Å². The van der Waals surface area contributed by atoms with Gasteiger partial charge in [-0.25, -0.2) is 4.99 Å². The van der Waals surface area contributed by atoms with E-state index >= 15 is 0 Å². The molecule has 6 aromatic rings. The molecule has 0 atom stereocenters. The number of aromatic nitrogens is 3. The largest absolute Gasteiger partial charge is 0.361 e. The molecule has 40 heavy (non-hydrogen) atoms. The number of H-pyrrole nitrogens is 1. The van der Waals surface area contributed by atoms with Crippen molar-refractivity contribution < 1.29 is 4.79 Å². The second kappa shape index (κ2) is 10.5. The van der Waals surface area contributed by atoms with E-state index < -0.39 is 0 Å². The lowest BCUT2D eigenvalue weighted by Gasteiger charge is -2.13. The third-order valence-electron chi connectivity index (χ3n) is 6.97. The second-order valence-corrected chi connectivity index (χ2v) is 10.6. The number of aromatic amines is 1. The molecule has 2 N–H and O–H groups in total. The molecule has 0 spiro atoms. The maximum absolute atomic E-state index is 11.8. The number of benzene rings is 4.